The van der Waals surface area contributed by atoms with Crippen LogP contribution in [-0.2, 0) is 0 Å². The molecule has 0 aliphatic rings. The molecular weight excluding hydrogens is 591 g/mol. The molecule has 0 saturated heterocycles. The molecule has 210 valence electrons. The zero-order valence-corrected chi connectivity index (χ0v) is 19.6. The first-order chi connectivity index (χ1) is 18.6. The number of benzene rings is 4. The average molecular weight is 596 g/mol. The molecular formula is C24H5BF15Li. The molecule has 0 aliphatic carbocycles. The molecule has 0 aliphatic heterocycles. The van der Waals surface area contributed by atoms with Crippen molar-refractivity contribution >= 4 is 28.0 Å². The van der Waals surface area contributed by atoms with E-state index >= 15 is 26.3 Å². The van der Waals surface area contributed by atoms with E-state index in [2.05, 4.69) is 0 Å². The van der Waals surface area contributed by atoms with Gasteiger partial charge in [0.2, 0.25) is 0 Å². The van der Waals surface area contributed by atoms with Crippen molar-refractivity contribution in [2.24, 2.45) is 0 Å². The monoisotopic (exact) mass is 596 g/mol. The summed E-state index contributed by atoms with van der Waals surface area (Å²) >= 11 is 0. The van der Waals surface area contributed by atoms with Gasteiger partial charge in [-0.3, -0.25) is 0 Å². The Balaban J connectivity index is 0.00000462. The third-order valence-corrected chi connectivity index (χ3v) is 6.33. The van der Waals surface area contributed by atoms with Crippen LogP contribution in [0.5, 0.6) is 0 Å². The smallest absolute Gasteiger partial charge is 0.207 e. The minimum atomic E-state index is -5.72. The van der Waals surface area contributed by atoms with Crippen LogP contribution in [0.2, 0.25) is 0 Å². The summed E-state index contributed by atoms with van der Waals surface area (Å²) in [5.74, 6) is -45.5. The van der Waals surface area contributed by atoms with Crippen molar-refractivity contribution in [1.82, 2.24) is 0 Å². The zero-order chi connectivity index (χ0) is 30.0. The van der Waals surface area contributed by atoms with Gasteiger partial charge in [0.1, 0.15) is 41.0 Å². The van der Waals surface area contributed by atoms with Crippen LogP contribution in [0, 0.1) is 87.3 Å². The number of hydrogen-bond donors (Lipinski definition) is 0. The van der Waals surface area contributed by atoms with Gasteiger partial charge in [-0.2, -0.15) is 5.46 Å². The van der Waals surface area contributed by atoms with Gasteiger partial charge in [-0.25, -0.2) is 65.9 Å². The molecule has 4 aromatic carbocycles. The number of hydrogen-bond acceptors (Lipinski definition) is 0. The van der Waals surface area contributed by atoms with Gasteiger partial charge in [-0.15, -0.1) is 16.4 Å². The second-order valence-electron chi connectivity index (χ2n) is 8.23. The van der Waals surface area contributed by atoms with Crippen molar-refractivity contribution in [3.63, 3.8) is 0 Å². The van der Waals surface area contributed by atoms with Crippen LogP contribution < -0.4 is 40.7 Å². The normalized spacial score (nSPS) is 11.6. The first-order valence-electron chi connectivity index (χ1n) is 10.4. The summed E-state index contributed by atoms with van der Waals surface area (Å²) in [6.45, 7) is 0. The SMILES string of the molecule is Fc1c(F)c(F)c([B-](c2ccccc2)(c2c(F)c(F)c(F)c(F)c2F)c2c(F)c(F)c(F)c(F)c2F)c(F)c1F.[Li+]. The van der Waals surface area contributed by atoms with Gasteiger partial charge in [0, 0.05) is 0 Å². The quantitative estimate of drug-likeness (QED) is 0.147. The van der Waals surface area contributed by atoms with E-state index in [0.717, 1.165) is 18.2 Å². The molecule has 0 aromatic heterocycles. The van der Waals surface area contributed by atoms with Crippen LogP contribution >= 0.6 is 0 Å². The van der Waals surface area contributed by atoms with E-state index in [1.54, 1.807) is 0 Å². The maximum absolute atomic E-state index is 15.3. The van der Waals surface area contributed by atoms with Gasteiger partial charge in [-0.05, 0) is 0 Å². The van der Waals surface area contributed by atoms with E-state index in [0.29, 0.717) is 12.1 Å². The molecule has 0 atom stereocenters. The van der Waals surface area contributed by atoms with Crippen LogP contribution in [0.4, 0.5) is 65.9 Å². The zero-order valence-electron chi connectivity index (χ0n) is 19.6. The van der Waals surface area contributed by atoms with Crippen molar-refractivity contribution in [2.75, 3.05) is 0 Å². The number of halogens is 15. The first-order valence-corrected chi connectivity index (χ1v) is 10.4. The fourth-order valence-electron chi connectivity index (χ4n) is 4.68. The van der Waals surface area contributed by atoms with Crippen LogP contribution in [0.15, 0.2) is 30.3 Å². The Morgan fingerprint density at radius 2 is 0.488 bits per heavy atom. The van der Waals surface area contributed by atoms with E-state index < -0.39 is 115 Å². The summed E-state index contributed by atoms with van der Waals surface area (Å²) in [7, 11) is 0. The molecule has 0 N–H and O–H groups in total. The van der Waals surface area contributed by atoms with Gasteiger partial charge >= 0.3 is 18.9 Å². The standard InChI is InChI=1S/C24H5BF15.Li/c26-10-7(11(27)17(33)22(38)16(10)32)25(6-4-2-1-3-5-6,8-12(28)18(34)23(39)19(35)13(8)29)9-14(30)20(36)24(40)21(37)15(9)31;/h1-5H;/q-1;+1. The van der Waals surface area contributed by atoms with Crippen molar-refractivity contribution in [3.8, 4) is 0 Å². The molecule has 0 amide bonds. The molecule has 0 bridgehead atoms. The maximum atomic E-state index is 15.3. The van der Waals surface area contributed by atoms with Gasteiger partial charge in [0.15, 0.2) is 52.4 Å². The molecule has 0 nitrogen and oxygen atoms in total. The van der Waals surface area contributed by atoms with Gasteiger partial charge < -0.3 is 0 Å². The van der Waals surface area contributed by atoms with Crippen molar-refractivity contribution < 1.29 is 84.7 Å². The Kier molecular flexibility index (Phi) is 8.63. The fraction of sp³-hybridized carbons (Fsp3) is 0. The Morgan fingerprint density at radius 1 is 0.293 bits per heavy atom. The molecule has 17 heteroatoms. The molecule has 41 heavy (non-hydrogen) atoms. The van der Waals surface area contributed by atoms with Crippen molar-refractivity contribution in [3.05, 3.63) is 118 Å². The van der Waals surface area contributed by atoms with E-state index in [9.17, 15) is 39.5 Å². The Morgan fingerprint density at radius 3 is 0.707 bits per heavy atom. The van der Waals surface area contributed by atoms with E-state index in [1.807, 2.05) is 0 Å². The van der Waals surface area contributed by atoms with Gasteiger partial charge in [0.25, 0.3) is 0 Å². The summed E-state index contributed by atoms with van der Waals surface area (Å²) in [4.78, 5) is 0. The minimum Gasteiger partial charge on any atom is -0.207 e. The van der Waals surface area contributed by atoms with Gasteiger partial charge in [0.05, 0.1) is 0 Å². The Labute approximate surface area is 230 Å². The van der Waals surface area contributed by atoms with Crippen LogP contribution in [0.1, 0.15) is 0 Å². The third kappa shape index (κ3) is 4.30. The van der Waals surface area contributed by atoms with E-state index in [1.165, 1.54) is 0 Å². The molecule has 0 heterocycles. The van der Waals surface area contributed by atoms with Crippen LogP contribution in [-0.4, -0.2) is 6.15 Å². The molecule has 0 saturated carbocycles. The summed E-state index contributed by atoms with van der Waals surface area (Å²) in [6.07, 6.45) is -5.72. The molecule has 0 spiro atoms. The molecule has 4 rings (SSSR count). The summed E-state index contributed by atoms with van der Waals surface area (Å²) in [5.41, 5.74) is -9.41. The average Bonchev–Trinajstić information content (AvgIpc) is 2.95. The molecule has 4 aromatic rings. The van der Waals surface area contributed by atoms with Gasteiger partial charge in [-0.1, -0.05) is 30.3 Å². The molecule has 0 fully saturated rings. The number of rotatable bonds is 4. The second kappa shape index (κ2) is 11.1. The minimum absolute atomic E-state index is 0. The maximum Gasteiger partial charge on any atom is 1.00 e. The summed E-state index contributed by atoms with van der Waals surface area (Å²) in [6, 6.07) is 3.24. The van der Waals surface area contributed by atoms with Crippen LogP contribution in [0.25, 0.3) is 0 Å². The van der Waals surface area contributed by atoms with E-state index in [-0.39, 0.29) is 18.9 Å². The fourth-order valence-corrected chi connectivity index (χ4v) is 4.68. The predicted octanol–water partition coefficient (Wildman–Crippen LogP) is 2.15. The van der Waals surface area contributed by atoms with E-state index in [4.69, 9.17) is 0 Å². The molecule has 0 radical (unpaired) electrons. The Bertz CT molecular complexity index is 1450. The first kappa shape index (κ1) is 32.0. The van der Waals surface area contributed by atoms with Crippen LogP contribution in [0.3, 0.4) is 0 Å². The largest absolute Gasteiger partial charge is 1.00 e. The second-order valence-corrected chi connectivity index (χ2v) is 8.23. The topological polar surface area (TPSA) is 0 Å². The Hall–Kier alpha value is -3.51. The predicted molar refractivity (Wildman–Crippen MR) is 109 cm³/mol. The summed E-state index contributed by atoms with van der Waals surface area (Å²) < 4.78 is 220. The van der Waals surface area contributed by atoms with Crippen molar-refractivity contribution in [1.29, 1.82) is 0 Å². The third-order valence-electron chi connectivity index (χ3n) is 6.33. The summed E-state index contributed by atoms with van der Waals surface area (Å²) in [5, 5.41) is 0. The molecule has 0 unspecified atom stereocenters. The van der Waals surface area contributed by atoms with Crippen molar-refractivity contribution in [2.45, 2.75) is 0 Å².